The van der Waals surface area contributed by atoms with Crippen molar-refractivity contribution in [1.82, 2.24) is 4.90 Å². The number of hydrogen-bond donors (Lipinski definition) is 1. The monoisotopic (exact) mass is 478 g/mol. The summed E-state index contributed by atoms with van der Waals surface area (Å²) in [7, 11) is 0. The highest BCUT2D eigenvalue weighted by Crippen LogP contribution is 2.49. The number of benzene rings is 3. The van der Waals surface area contributed by atoms with Crippen LogP contribution in [0.2, 0.25) is 0 Å². The average Bonchev–Trinajstić information content (AvgIpc) is 3.29. The van der Waals surface area contributed by atoms with Crippen LogP contribution in [0.15, 0.2) is 83.3 Å². The summed E-state index contributed by atoms with van der Waals surface area (Å²) < 4.78 is 0.759. The Labute approximate surface area is 187 Å². The lowest BCUT2D eigenvalue weighted by Crippen LogP contribution is -2.37. The van der Waals surface area contributed by atoms with E-state index in [4.69, 9.17) is 4.84 Å². The van der Waals surface area contributed by atoms with Crippen molar-refractivity contribution in [3.05, 3.63) is 94.5 Å². The van der Waals surface area contributed by atoms with E-state index in [1.807, 2.05) is 60.7 Å². The fraction of sp³-hybridized carbons (Fsp3) is 0.167. The Morgan fingerprint density at radius 2 is 1.58 bits per heavy atom. The van der Waals surface area contributed by atoms with E-state index in [2.05, 4.69) is 15.9 Å². The maximum Gasteiger partial charge on any atom is 0.262 e. The first-order chi connectivity index (χ1) is 15.0. The van der Waals surface area contributed by atoms with Crippen LogP contribution in [0.3, 0.4) is 0 Å². The summed E-state index contributed by atoms with van der Waals surface area (Å²) in [4.78, 5) is 34.0. The number of carbonyl (C=O) groups is 2. The molecule has 3 aromatic carbocycles. The fourth-order valence-corrected chi connectivity index (χ4v) is 4.65. The molecule has 2 aliphatic heterocycles. The minimum atomic E-state index is -0.945. The van der Waals surface area contributed by atoms with Crippen LogP contribution in [0.25, 0.3) is 0 Å². The second-order valence-corrected chi connectivity index (χ2v) is 8.53. The molecule has 2 fully saturated rings. The molecule has 6 nitrogen and oxygen atoms in total. The second-order valence-electron chi connectivity index (χ2n) is 7.61. The summed E-state index contributed by atoms with van der Waals surface area (Å²) in [6.45, 7) is 0.192. The van der Waals surface area contributed by atoms with Gasteiger partial charge in [-0.3, -0.25) is 19.3 Å². The lowest BCUT2D eigenvalue weighted by Gasteiger charge is -2.29. The van der Waals surface area contributed by atoms with Crippen molar-refractivity contribution in [1.29, 1.82) is 0 Å². The predicted molar refractivity (Wildman–Crippen MR) is 118 cm³/mol. The predicted octanol–water partition coefficient (Wildman–Crippen LogP) is 4.20. The standard InChI is InChI=1S/C24H19BrN2O4/c25-16-11-12-19(28)18(13-16)21-20-22(31-27(21)17-9-5-2-6-10-17)24(30)26(23(20)29)14-15-7-3-1-4-8-15/h1-13,20-22,28H,14H2/t20-,21-,22+/m1/s1. The minimum absolute atomic E-state index is 0.0418. The van der Waals surface area contributed by atoms with E-state index < -0.39 is 18.1 Å². The average molecular weight is 479 g/mol. The van der Waals surface area contributed by atoms with Crippen molar-refractivity contribution in [2.24, 2.45) is 5.92 Å². The highest BCUT2D eigenvalue weighted by Gasteiger charge is 2.60. The molecule has 2 aliphatic rings. The molecule has 0 radical (unpaired) electrons. The summed E-state index contributed by atoms with van der Waals surface area (Å²) >= 11 is 3.44. The van der Waals surface area contributed by atoms with Gasteiger partial charge in [-0.2, -0.15) is 0 Å². The van der Waals surface area contributed by atoms with Crippen LogP contribution in [0, 0.1) is 5.92 Å². The fourth-order valence-electron chi connectivity index (χ4n) is 4.27. The molecule has 0 aliphatic carbocycles. The van der Waals surface area contributed by atoms with E-state index in [9.17, 15) is 14.7 Å². The molecule has 0 spiro atoms. The van der Waals surface area contributed by atoms with E-state index in [-0.39, 0.29) is 24.1 Å². The van der Waals surface area contributed by atoms with Gasteiger partial charge in [0.05, 0.1) is 18.3 Å². The normalized spacial score (nSPS) is 22.8. The lowest BCUT2D eigenvalue weighted by molar-refractivity contribution is -0.143. The molecule has 156 valence electrons. The molecule has 7 heteroatoms. The lowest BCUT2D eigenvalue weighted by atomic mass is 9.90. The number of halogens is 1. The molecule has 0 saturated carbocycles. The largest absolute Gasteiger partial charge is 0.508 e. The van der Waals surface area contributed by atoms with Crippen molar-refractivity contribution in [2.75, 3.05) is 5.06 Å². The maximum absolute atomic E-state index is 13.5. The summed E-state index contributed by atoms with van der Waals surface area (Å²) in [5, 5.41) is 12.2. The highest BCUT2D eigenvalue weighted by molar-refractivity contribution is 9.10. The van der Waals surface area contributed by atoms with E-state index in [0.29, 0.717) is 11.3 Å². The van der Waals surface area contributed by atoms with Gasteiger partial charge in [-0.05, 0) is 35.9 Å². The van der Waals surface area contributed by atoms with E-state index >= 15 is 0 Å². The number of aromatic hydroxyl groups is 1. The number of amides is 2. The zero-order valence-corrected chi connectivity index (χ0v) is 18.0. The molecule has 0 aromatic heterocycles. The number of para-hydroxylation sites is 1. The van der Waals surface area contributed by atoms with Gasteiger partial charge in [0.1, 0.15) is 11.7 Å². The molecule has 2 amide bonds. The molecule has 2 heterocycles. The zero-order chi connectivity index (χ0) is 21.5. The smallest absolute Gasteiger partial charge is 0.262 e. The topological polar surface area (TPSA) is 70.1 Å². The molecule has 0 unspecified atom stereocenters. The van der Waals surface area contributed by atoms with Crippen LogP contribution in [0.4, 0.5) is 5.69 Å². The van der Waals surface area contributed by atoms with Gasteiger partial charge in [-0.1, -0.05) is 64.5 Å². The Kier molecular flexibility index (Phi) is 5.00. The summed E-state index contributed by atoms with van der Waals surface area (Å²) in [5.74, 6) is -1.39. The number of imide groups is 1. The van der Waals surface area contributed by atoms with Crippen molar-refractivity contribution in [3.8, 4) is 5.75 Å². The van der Waals surface area contributed by atoms with Gasteiger partial charge in [0.15, 0.2) is 6.10 Å². The van der Waals surface area contributed by atoms with Crippen molar-refractivity contribution >= 4 is 33.4 Å². The SMILES string of the molecule is O=C1[C@H]2[C@H](ON(c3ccccc3)[C@@H]2c2cc(Br)ccc2O)C(=O)N1Cc1ccccc1. The second kappa shape index (κ2) is 7.83. The Morgan fingerprint density at radius 1 is 0.903 bits per heavy atom. The molecular weight excluding hydrogens is 460 g/mol. The number of carbonyl (C=O) groups excluding carboxylic acids is 2. The Morgan fingerprint density at radius 3 is 2.29 bits per heavy atom. The first kappa shape index (κ1) is 19.8. The van der Waals surface area contributed by atoms with Crippen LogP contribution in [0.5, 0.6) is 5.75 Å². The highest BCUT2D eigenvalue weighted by atomic mass is 79.9. The molecule has 3 aromatic rings. The molecule has 5 rings (SSSR count). The summed E-state index contributed by atoms with van der Waals surface area (Å²) in [5.41, 5.74) is 2.09. The van der Waals surface area contributed by atoms with Crippen LogP contribution in [-0.4, -0.2) is 27.9 Å². The third kappa shape index (κ3) is 3.40. The number of rotatable bonds is 4. The number of phenols is 1. The van der Waals surface area contributed by atoms with Crippen molar-refractivity contribution < 1.29 is 19.5 Å². The van der Waals surface area contributed by atoms with Gasteiger partial charge < -0.3 is 5.11 Å². The quantitative estimate of drug-likeness (QED) is 0.569. The van der Waals surface area contributed by atoms with Crippen LogP contribution in [0.1, 0.15) is 17.2 Å². The number of likely N-dealkylation sites (tertiary alicyclic amines) is 1. The van der Waals surface area contributed by atoms with Gasteiger partial charge in [-0.15, -0.1) is 0 Å². The number of hydrogen-bond acceptors (Lipinski definition) is 5. The summed E-state index contributed by atoms with van der Waals surface area (Å²) in [6, 6.07) is 23.1. The first-order valence-electron chi connectivity index (χ1n) is 9.93. The van der Waals surface area contributed by atoms with E-state index in [1.54, 1.807) is 23.3 Å². The zero-order valence-electron chi connectivity index (χ0n) is 16.4. The van der Waals surface area contributed by atoms with Gasteiger partial charge in [0.25, 0.3) is 5.91 Å². The third-order valence-corrected chi connectivity index (χ3v) is 6.20. The van der Waals surface area contributed by atoms with E-state index in [1.165, 1.54) is 4.90 Å². The van der Waals surface area contributed by atoms with Crippen molar-refractivity contribution in [3.63, 3.8) is 0 Å². The van der Waals surface area contributed by atoms with Gasteiger partial charge in [0.2, 0.25) is 5.91 Å². The van der Waals surface area contributed by atoms with Crippen LogP contribution >= 0.6 is 15.9 Å². The molecular formula is C24H19BrN2O4. The third-order valence-electron chi connectivity index (χ3n) is 5.71. The maximum atomic E-state index is 13.5. The number of nitrogens with zero attached hydrogens (tertiary/aromatic N) is 2. The van der Waals surface area contributed by atoms with Gasteiger partial charge in [0, 0.05) is 10.0 Å². The first-order valence-corrected chi connectivity index (χ1v) is 10.7. The van der Waals surface area contributed by atoms with Gasteiger partial charge >= 0.3 is 0 Å². The molecule has 1 N–H and O–H groups in total. The van der Waals surface area contributed by atoms with E-state index in [0.717, 1.165) is 10.0 Å². The Bertz CT molecular complexity index is 1140. The number of phenolic OH excluding ortho intramolecular Hbond substituents is 1. The van der Waals surface area contributed by atoms with Crippen molar-refractivity contribution in [2.45, 2.75) is 18.7 Å². The van der Waals surface area contributed by atoms with Crippen LogP contribution < -0.4 is 5.06 Å². The molecule has 0 bridgehead atoms. The Balaban J connectivity index is 1.56. The number of anilines is 1. The minimum Gasteiger partial charge on any atom is -0.508 e. The number of hydroxylamine groups is 1. The molecule has 3 atom stereocenters. The van der Waals surface area contributed by atoms with Crippen LogP contribution in [-0.2, 0) is 21.0 Å². The molecule has 31 heavy (non-hydrogen) atoms. The van der Waals surface area contributed by atoms with Gasteiger partial charge in [-0.25, -0.2) is 5.06 Å². The summed E-state index contributed by atoms with van der Waals surface area (Å²) in [6.07, 6.45) is -0.945. The number of fused-ring (bicyclic) bond motifs is 1. The molecule has 2 saturated heterocycles. The Hall–Kier alpha value is -3.16.